The van der Waals surface area contributed by atoms with Crippen molar-refractivity contribution < 1.29 is 0 Å². The zero-order valence-electron chi connectivity index (χ0n) is 10.9. The number of aryl methyl sites for hydroxylation is 1. The summed E-state index contributed by atoms with van der Waals surface area (Å²) in [6, 6.07) is 0. The summed E-state index contributed by atoms with van der Waals surface area (Å²) >= 11 is 0. The molecule has 2 heterocycles. The molecule has 1 aliphatic rings. The van der Waals surface area contributed by atoms with Gasteiger partial charge in [-0.25, -0.2) is 4.98 Å². The quantitative estimate of drug-likeness (QED) is 0.849. The molecular formula is C14H20N4. The fraction of sp³-hybridized carbons (Fsp3) is 0.571. The summed E-state index contributed by atoms with van der Waals surface area (Å²) in [5.41, 5.74) is 3.59. The van der Waals surface area contributed by atoms with Gasteiger partial charge in [0.25, 0.3) is 0 Å². The fourth-order valence-corrected chi connectivity index (χ4v) is 2.55. The van der Waals surface area contributed by atoms with Crippen LogP contribution in [0.25, 0.3) is 11.4 Å². The Hall–Kier alpha value is -1.58. The van der Waals surface area contributed by atoms with E-state index in [1.165, 1.54) is 30.7 Å². The van der Waals surface area contributed by atoms with Crippen molar-refractivity contribution >= 4 is 0 Å². The average molecular weight is 244 g/mol. The van der Waals surface area contributed by atoms with Crippen molar-refractivity contribution in [3.8, 4) is 11.4 Å². The molecule has 1 fully saturated rings. The highest BCUT2D eigenvalue weighted by Crippen LogP contribution is 2.31. The van der Waals surface area contributed by atoms with E-state index in [-0.39, 0.29) is 0 Å². The molecule has 4 heteroatoms. The van der Waals surface area contributed by atoms with Crippen LogP contribution < -0.4 is 0 Å². The molecule has 0 radical (unpaired) electrons. The van der Waals surface area contributed by atoms with Crippen LogP contribution in [0.5, 0.6) is 0 Å². The molecule has 3 rings (SSSR count). The molecule has 2 aromatic rings. The van der Waals surface area contributed by atoms with Crippen LogP contribution in [0.4, 0.5) is 0 Å². The highest BCUT2D eigenvalue weighted by Gasteiger charge is 2.21. The Morgan fingerprint density at radius 2 is 2.22 bits per heavy atom. The summed E-state index contributed by atoms with van der Waals surface area (Å²) in [6.45, 7) is 2.18. The number of nitrogens with zero attached hydrogens (tertiary/aromatic N) is 2. The molecule has 0 aliphatic heterocycles. The Morgan fingerprint density at radius 3 is 2.94 bits per heavy atom. The van der Waals surface area contributed by atoms with E-state index >= 15 is 0 Å². The Bertz CT molecular complexity index is 507. The van der Waals surface area contributed by atoms with E-state index in [9.17, 15) is 0 Å². The van der Waals surface area contributed by atoms with Crippen molar-refractivity contribution in [3.63, 3.8) is 0 Å². The summed E-state index contributed by atoms with van der Waals surface area (Å²) < 4.78 is 0. The largest absolute Gasteiger partial charge is 0.342 e. The predicted molar refractivity (Wildman–Crippen MR) is 71.2 cm³/mol. The molecule has 0 aromatic carbocycles. The topological polar surface area (TPSA) is 57.4 Å². The molecule has 0 atom stereocenters. The fourth-order valence-electron chi connectivity index (χ4n) is 2.55. The standard InChI is InChI=1S/C14H20N4/c1-2-4-11-8-15-14(17-11)12-9-16-18-13(12)7-10-5-3-6-10/h8-10H,2-7H2,1H3,(H,15,17)(H,16,18). The second-order valence-electron chi connectivity index (χ2n) is 5.27. The zero-order valence-corrected chi connectivity index (χ0v) is 10.9. The van der Waals surface area contributed by atoms with E-state index in [2.05, 4.69) is 27.1 Å². The van der Waals surface area contributed by atoms with Crippen molar-refractivity contribution in [2.75, 3.05) is 0 Å². The Kier molecular flexibility index (Phi) is 3.17. The monoisotopic (exact) mass is 244 g/mol. The molecular weight excluding hydrogens is 224 g/mol. The van der Waals surface area contributed by atoms with Crippen molar-refractivity contribution in [3.05, 3.63) is 23.8 Å². The lowest BCUT2D eigenvalue weighted by Gasteiger charge is -2.24. The van der Waals surface area contributed by atoms with Crippen LogP contribution >= 0.6 is 0 Å². The minimum Gasteiger partial charge on any atom is -0.342 e. The van der Waals surface area contributed by atoms with E-state index in [0.29, 0.717) is 0 Å². The Labute approximate surface area is 107 Å². The number of aromatic nitrogens is 4. The first-order chi connectivity index (χ1) is 8.86. The molecule has 4 nitrogen and oxygen atoms in total. The number of aromatic amines is 2. The number of hydrogen-bond acceptors (Lipinski definition) is 2. The first kappa shape index (κ1) is 11.5. The second kappa shape index (κ2) is 4.96. The number of imidazole rings is 1. The van der Waals surface area contributed by atoms with Crippen LogP contribution in [0.1, 0.15) is 44.0 Å². The maximum absolute atomic E-state index is 4.47. The van der Waals surface area contributed by atoms with E-state index in [1.807, 2.05) is 12.4 Å². The van der Waals surface area contributed by atoms with Gasteiger partial charge in [-0.15, -0.1) is 0 Å². The molecule has 96 valence electrons. The van der Waals surface area contributed by atoms with Crippen molar-refractivity contribution in [1.29, 1.82) is 0 Å². The smallest absolute Gasteiger partial charge is 0.140 e. The summed E-state index contributed by atoms with van der Waals surface area (Å²) in [5.74, 6) is 1.80. The highest BCUT2D eigenvalue weighted by atomic mass is 15.1. The van der Waals surface area contributed by atoms with Gasteiger partial charge in [-0.3, -0.25) is 5.10 Å². The third kappa shape index (κ3) is 2.19. The molecule has 0 saturated heterocycles. The van der Waals surface area contributed by atoms with Crippen LogP contribution in [0.3, 0.4) is 0 Å². The molecule has 0 amide bonds. The van der Waals surface area contributed by atoms with Crippen LogP contribution in [0, 0.1) is 5.92 Å². The van der Waals surface area contributed by atoms with Gasteiger partial charge in [0.15, 0.2) is 0 Å². The third-order valence-electron chi connectivity index (χ3n) is 3.84. The van der Waals surface area contributed by atoms with Gasteiger partial charge in [0.05, 0.1) is 11.8 Å². The number of rotatable bonds is 5. The van der Waals surface area contributed by atoms with Crippen LogP contribution in [0.2, 0.25) is 0 Å². The van der Waals surface area contributed by atoms with Crippen LogP contribution in [-0.2, 0) is 12.8 Å². The van der Waals surface area contributed by atoms with E-state index < -0.39 is 0 Å². The van der Waals surface area contributed by atoms with Crippen molar-refractivity contribution in [1.82, 2.24) is 20.2 Å². The SMILES string of the molecule is CCCc1cnc(-c2cn[nH]c2CC2CCC2)[nH]1. The molecule has 0 bridgehead atoms. The normalized spacial score (nSPS) is 15.8. The van der Waals surface area contributed by atoms with Crippen molar-refractivity contribution in [2.24, 2.45) is 5.92 Å². The van der Waals surface area contributed by atoms with Gasteiger partial charge in [-0.1, -0.05) is 32.6 Å². The van der Waals surface area contributed by atoms with Gasteiger partial charge >= 0.3 is 0 Å². The van der Waals surface area contributed by atoms with Gasteiger partial charge in [0.1, 0.15) is 5.82 Å². The minimum atomic E-state index is 0.842. The number of hydrogen-bond donors (Lipinski definition) is 2. The predicted octanol–water partition coefficient (Wildman–Crippen LogP) is 3.09. The summed E-state index contributed by atoms with van der Waals surface area (Å²) in [7, 11) is 0. The van der Waals surface area contributed by atoms with E-state index in [4.69, 9.17) is 0 Å². The molecule has 0 spiro atoms. The summed E-state index contributed by atoms with van der Waals surface area (Å²) in [6.07, 6.45) is 11.2. The van der Waals surface area contributed by atoms with Gasteiger partial charge in [0, 0.05) is 17.6 Å². The van der Waals surface area contributed by atoms with Gasteiger partial charge < -0.3 is 4.98 Å². The summed E-state index contributed by atoms with van der Waals surface area (Å²) in [4.78, 5) is 7.87. The van der Waals surface area contributed by atoms with Crippen LogP contribution in [0.15, 0.2) is 12.4 Å². The Morgan fingerprint density at radius 1 is 1.33 bits per heavy atom. The van der Waals surface area contributed by atoms with E-state index in [1.54, 1.807) is 0 Å². The third-order valence-corrected chi connectivity index (χ3v) is 3.84. The van der Waals surface area contributed by atoms with E-state index in [0.717, 1.165) is 36.6 Å². The van der Waals surface area contributed by atoms with Gasteiger partial charge in [-0.2, -0.15) is 5.10 Å². The first-order valence-corrected chi connectivity index (χ1v) is 6.93. The maximum atomic E-state index is 4.47. The summed E-state index contributed by atoms with van der Waals surface area (Å²) in [5, 5.41) is 7.31. The van der Waals surface area contributed by atoms with Crippen LogP contribution in [-0.4, -0.2) is 20.2 Å². The lowest BCUT2D eigenvalue weighted by atomic mass is 9.81. The lowest BCUT2D eigenvalue weighted by molar-refractivity contribution is 0.312. The molecule has 2 N–H and O–H groups in total. The maximum Gasteiger partial charge on any atom is 0.140 e. The molecule has 2 aromatic heterocycles. The van der Waals surface area contributed by atoms with Crippen molar-refractivity contribution in [2.45, 2.75) is 45.4 Å². The molecule has 18 heavy (non-hydrogen) atoms. The van der Waals surface area contributed by atoms with Gasteiger partial charge in [0.2, 0.25) is 0 Å². The molecule has 0 unspecified atom stereocenters. The second-order valence-corrected chi connectivity index (χ2v) is 5.27. The number of H-pyrrole nitrogens is 2. The first-order valence-electron chi connectivity index (χ1n) is 6.93. The highest BCUT2D eigenvalue weighted by molar-refractivity contribution is 5.57. The zero-order chi connectivity index (χ0) is 12.4. The molecule has 1 saturated carbocycles. The minimum absolute atomic E-state index is 0.842. The molecule has 1 aliphatic carbocycles. The van der Waals surface area contributed by atoms with Gasteiger partial charge in [-0.05, 0) is 18.8 Å². The Balaban J connectivity index is 1.79. The lowest BCUT2D eigenvalue weighted by Crippen LogP contribution is -2.14. The number of nitrogens with one attached hydrogen (secondary N) is 2. The average Bonchev–Trinajstić information content (AvgIpc) is 2.92.